The summed E-state index contributed by atoms with van der Waals surface area (Å²) in [5.41, 5.74) is 9.89. The zero-order chi connectivity index (χ0) is 32.1. The van der Waals surface area contributed by atoms with Crippen molar-refractivity contribution >= 4 is 23.9 Å². The van der Waals surface area contributed by atoms with Crippen molar-refractivity contribution in [2.45, 2.75) is 25.2 Å². The van der Waals surface area contributed by atoms with Gasteiger partial charge < -0.3 is 45.4 Å². The maximum Gasteiger partial charge on any atom is 0.407 e. The molecule has 0 saturated heterocycles. The van der Waals surface area contributed by atoms with Gasteiger partial charge in [0.1, 0.15) is 13.2 Å². The summed E-state index contributed by atoms with van der Waals surface area (Å²) < 4.78 is 26.3. The van der Waals surface area contributed by atoms with Crippen molar-refractivity contribution < 1.29 is 42.9 Å². The number of ether oxygens (including phenoxy) is 5. The first-order valence-electron chi connectivity index (χ1n) is 15.2. The lowest BCUT2D eigenvalue weighted by Crippen LogP contribution is -2.35. The molecule has 0 unspecified atom stereocenters. The number of hydrogen-bond donors (Lipinski definition) is 4. The second-order valence-electron chi connectivity index (χ2n) is 10.0. The highest BCUT2D eigenvalue weighted by molar-refractivity contribution is 5.79. The molecule has 1 aliphatic carbocycles. The number of carbonyl (C=O) groups is 4. The molecule has 2 aromatic carbocycles. The molecule has 3 rings (SSSR count). The second-order valence-corrected chi connectivity index (χ2v) is 10.0. The Bertz CT molecular complexity index is 1180. The smallest absolute Gasteiger partial charge is 0.407 e. The van der Waals surface area contributed by atoms with Crippen LogP contribution in [0.15, 0.2) is 48.5 Å². The van der Waals surface area contributed by atoms with Crippen LogP contribution in [0.2, 0.25) is 0 Å². The van der Waals surface area contributed by atoms with E-state index in [0.29, 0.717) is 19.8 Å². The Labute approximate surface area is 263 Å². The van der Waals surface area contributed by atoms with E-state index in [2.05, 4.69) is 40.2 Å². The molecule has 0 atom stereocenters. The second kappa shape index (κ2) is 20.8. The summed E-state index contributed by atoms with van der Waals surface area (Å²) in [5, 5.41) is 8.09. The van der Waals surface area contributed by atoms with Gasteiger partial charge in [0.25, 0.3) is 0 Å². The Hall–Kier alpha value is -4.04. The highest BCUT2D eigenvalue weighted by Gasteiger charge is 2.28. The molecule has 5 N–H and O–H groups in total. The van der Waals surface area contributed by atoms with Crippen LogP contribution in [0.5, 0.6) is 0 Å². The fraction of sp³-hybridized carbons (Fsp3) is 0.500. The van der Waals surface area contributed by atoms with Crippen molar-refractivity contribution in [2.24, 2.45) is 5.73 Å². The largest absolute Gasteiger partial charge is 0.464 e. The van der Waals surface area contributed by atoms with Gasteiger partial charge in [-0.05, 0) is 22.3 Å². The monoisotopic (exact) mass is 628 g/mol. The first kappa shape index (κ1) is 35.4. The van der Waals surface area contributed by atoms with Crippen LogP contribution in [0.4, 0.5) is 4.79 Å². The zero-order valence-electron chi connectivity index (χ0n) is 25.6. The van der Waals surface area contributed by atoms with E-state index in [1.54, 1.807) is 0 Å². The van der Waals surface area contributed by atoms with Gasteiger partial charge in [-0.1, -0.05) is 48.5 Å². The summed E-state index contributed by atoms with van der Waals surface area (Å²) in [6.45, 7) is 3.06. The van der Waals surface area contributed by atoms with Crippen molar-refractivity contribution in [3.05, 3.63) is 59.7 Å². The van der Waals surface area contributed by atoms with Gasteiger partial charge in [0.05, 0.1) is 46.1 Å². The lowest BCUT2D eigenvalue weighted by atomic mass is 9.98. The zero-order valence-corrected chi connectivity index (χ0v) is 25.6. The average molecular weight is 629 g/mol. The molecular weight excluding hydrogens is 584 g/mol. The molecule has 246 valence electrons. The third-order valence-corrected chi connectivity index (χ3v) is 6.78. The molecule has 0 fully saturated rings. The maximum atomic E-state index is 12.2. The molecule has 2 aromatic rings. The molecule has 13 nitrogen and oxygen atoms in total. The molecule has 0 bridgehead atoms. The van der Waals surface area contributed by atoms with Crippen LogP contribution >= 0.6 is 0 Å². The highest BCUT2D eigenvalue weighted by atomic mass is 16.6. The molecule has 13 heteroatoms. The molecule has 0 saturated carbocycles. The van der Waals surface area contributed by atoms with Crippen LogP contribution in [0.1, 0.15) is 36.3 Å². The first-order chi connectivity index (χ1) is 22.0. The number of benzene rings is 2. The number of hydrogen-bond acceptors (Lipinski definition) is 10. The van der Waals surface area contributed by atoms with Gasteiger partial charge in [-0.3, -0.25) is 14.4 Å². The minimum Gasteiger partial charge on any atom is -0.464 e. The molecule has 0 radical (unpaired) electrons. The van der Waals surface area contributed by atoms with Crippen molar-refractivity contribution in [3.63, 3.8) is 0 Å². The Kier molecular flexibility index (Phi) is 16.4. The Morgan fingerprint density at radius 2 is 1.13 bits per heavy atom. The summed E-state index contributed by atoms with van der Waals surface area (Å²) in [5.74, 6) is -0.764. The molecule has 1 aliphatic rings. The van der Waals surface area contributed by atoms with E-state index >= 15 is 0 Å². The molecule has 0 heterocycles. The standard InChI is InChI=1S/C32H44N4O9/c33-12-19-44-31(39)11-18-43-22-21-42-17-10-30(38)35-14-13-34-29(37)9-16-41-20-15-36-32(40)45-23-28-26-7-3-1-5-24(26)25-6-2-4-8-27(25)28/h1-8,28H,9-23,33H2,(H,34,37)(H,35,38)(H,36,40). The van der Waals surface area contributed by atoms with Crippen molar-refractivity contribution in [3.8, 4) is 11.1 Å². The van der Waals surface area contributed by atoms with Gasteiger partial charge in [-0.25, -0.2) is 4.79 Å². The molecule has 3 amide bonds. The van der Waals surface area contributed by atoms with E-state index in [1.165, 1.54) is 11.1 Å². The van der Waals surface area contributed by atoms with Crippen molar-refractivity contribution in [1.29, 1.82) is 0 Å². The highest BCUT2D eigenvalue weighted by Crippen LogP contribution is 2.44. The van der Waals surface area contributed by atoms with E-state index in [0.717, 1.165) is 11.1 Å². The van der Waals surface area contributed by atoms with E-state index in [9.17, 15) is 19.2 Å². The van der Waals surface area contributed by atoms with Crippen LogP contribution in [-0.4, -0.2) is 103 Å². The average Bonchev–Trinajstić information content (AvgIpc) is 3.37. The molecule has 0 aromatic heterocycles. The molecule has 45 heavy (non-hydrogen) atoms. The van der Waals surface area contributed by atoms with Crippen LogP contribution in [0.25, 0.3) is 11.1 Å². The minimum absolute atomic E-state index is 0.00458. The Balaban J connectivity index is 1.11. The SMILES string of the molecule is NCCOC(=O)CCOCCOCCC(=O)NCCNC(=O)CCOCCNC(=O)OCC1c2ccccc2-c2ccccc21. The number of rotatable bonds is 22. The molecular formula is C32H44N4O9. The van der Waals surface area contributed by atoms with E-state index < -0.39 is 6.09 Å². The Morgan fingerprint density at radius 3 is 1.71 bits per heavy atom. The van der Waals surface area contributed by atoms with Crippen molar-refractivity contribution in [1.82, 2.24) is 16.0 Å². The number of esters is 1. The van der Waals surface area contributed by atoms with Gasteiger partial charge >= 0.3 is 12.1 Å². The lowest BCUT2D eigenvalue weighted by molar-refractivity contribution is -0.144. The van der Waals surface area contributed by atoms with Gasteiger partial charge in [0.2, 0.25) is 11.8 Å². The number of fused-ring (bicyclic) bond motifs is 3. The van der Waals surface area contributed by atoms with Crippen LogP contribution in [-0.2, 0) is 38.1 Å². The predicted molar refractivity (Wildman–Crippen MR) is 165 cm³/mol. The fourth-order valence-corrected chi connectivity index (χ4v) is 4.61. The summed E-state index contributed by atoms with van der Waals surface area (Å²) in [4.78, 5) is 47.3. The number of nitrogens with two attached hydrogens (primary N) is 1. The summed E-state index contributed by atoms with van der Waals surface area (Å²) in [7, 11) is 0. The van der Waals surface area contributed by atoms with Crippen LogP contribution in [0.3, 0.4) is 0 Å². The predicted octanol–water partition coefficient (Wildman–Crippen LogP) is 1.48. The Morgan fingerprint density at radius 1 is 0.600 bits per heavy atom. The van der Waals surface area contributed by atoms with Crippen molar-refractivity contribution in [2.75, 3.05) is 79.0 Å². The van der Waals surface area contributed by atoms with E-state index in [1.807, 2.05) is 24.3 Å². The van der Waals surface area contributed by atoms with Gasteiger partial charge in [0.15, 0.2) is 0 Å². The maximum absolute atomic E-state index is 12.2. The van der Waals surface area contributed by atoms with E-state index in [4.69, 9.17) is 29.4 Å². The number of amides is 3. The van der Waals surface area contributed by atoms with Gasteiger partial charge in [-0.15, -0.1) is 0 Å². The number of alkyl carbamates (subject to hydrolysis) is 1. The third-order valence-electron chi connectivity index (χ3n) is 6.78. The van der Waals surface area contributed by atoms with Gasteiger partial charge in [-0.2, -0.15) is 0 Å². The lowest BCUT2D eigenvalue weighted by Gasteiger charge is -2.14. The normalized spacial score (nSPS) is 11.8. The molecule has 0 spiro atoms. The quantitative estimate of drug-likeness (QED) is 0.110. The topological polar surface area (TPSA) is 177 Å². The fourth-order valence-electron chi connectivity index (χ4n) is 4.61. The number of carbonyl (C=O) groups excluding carboxylic acids is 4. The van der Waals surface area contributed by atoms with E-state index in [-0.39, 0.29) is 102 Å². The third kappa shape index (κ3) is 13.2. The minimum atomic E-state index is -0.518. The first-order valence-corrected chi connectivity index (χ1v) is 15.2. The van der Waals surface area contributed by atoms with Crippen LogP contribution in [0, 0.1) is 0 Å². The summed E-state index contributed by atoms with van der Waals surface area (Å²) in [6.07, 6.45) is -0.0355. The summed E-state index contributed by atoms with van der Waals surface area (Å²) >= 11 is 0. The van der Waals surface area contributed by atoms with Crippen LogP contribution < -0.4 is 21.7 Å². The van der Waals surface area contributed by atoms with Gasteiger partial charge in [0, 0.05) is 44.9 Å². The summed E-state index contributed by atoms with van der Waals surface area (Å²) in [6, 6.07) is 16.3. The number of nitrogens with one attached hydrogen (secondary N) is 3. The molecule has 0 aliphatic heterocycles.